The van der Waals surface area contributed by atoms with Crippen LogP contribution < -0.4 is 62.4 Å². The standard InChI is InChI=1S/C16H12ClFN6.CH3.K/c1-2-20-16-14(18)13(17)12(10-7-21-22-15(10)16)8-3-4-24-9(5-8)6-11(19)23-24;;/h2-7,20H,1H2,(H2,19,23)(H,21,22);1H3;/q;-1;+1. The van der Waals surface area contributed by atoms with Crippen LogP contribution in [0.3, 0.4) is 0 Å². The summed E-state index contributed by atoms with van der Waals surface area (Å²) in [7, 11) is 0. The maximum absolute atomic E-state index is 14.7. The topological polar surface area (TPSA) is 84.0 Å². The maximum atomic E-state index is 14.7. The Morgan fingerprint density at radius 3 is 2.88 bits per heavy atom. The summed E-state index contributed by atoms with van der Waals surface area (Å²) < 4.78 is 16.4. The van der Waals surface area contributed by atoms with Crippen LogP contribution in [0.5, 0.6) is 0 Å². The summed E-state index contributed by atoms with van der Waals surface area (Å²) in [6.45, 7) is 3.56. The Morgan fingerprint density at radius 2 is 2.15 bits per heavy atom. The summed E-state index contributed by atoms with van der Waals surface area (Å²) in [5.74, 6) is -0.167. The Morgan fingerprint density at radius 1 is 1.38 bits per heavy atom. The molecule has 0 fully saturated rings. The molecule has 0 spiro atoms. The zero-order valence-corrected chi connectivity index (χ0v) is 18.2. The summed E-state index contributed by atoms with van der Waals surface area (Å²) in [6, 6.07) is 5.37. The van der Waals surface area contributed by atoms with Crippen LogP contribution in [0.2, 0.25) is 5.02 Å². The van der Waals surface area contributed by atoms with Gasteiger partial charge in [0.2, 0.25) is 0 Å². The third-order valence-corrected chi connectivity index (χ3v) is 4.16. The van der Waals surface area contributed by atoms with Gasteiger partial charge in [-0.05, 0) is 23.9 Å². The molecule has 0 amide bonds. The van der Waals surface area contributed by atoms with Crippen LogP contribution in [0.4, 0.5) is 15.9 Å². The molecule has 0 saturated heterocycles. The molecule has 4 rings (SSSR count). The number of nitrogens with one attached hydrogen (secondary N) is 2. The minimum Gasteiger partial charge on any atom is -0.382 e. The smallest absolute Gasteiger partial charge is 0.382 e. The molecule has 0 unspecified atom stereocenters. The van der Waals surface area contributed by atoms with E-state index in [-0.39, 0.29) is 69.5 Å². The second-order valence-corrected chi connectivity index (χ2v) is 5.62. The van der Waals surface area contributed by atoms with Gasteiger partial charge < -0.3 is 18.5 Å². The number of aromatic amines is 1. The number of nitrogens with zero attached hydrogens (tertiary/aromatic N) is 3. The number of aromatic nitrogens is 4. The quantitative estimate of drug-likeness (QED) is 0.359. The predicted octanol–water partition coefficient (Wildman–Crippen LogP) is 1.26. The molecule has 3 heterocycles. The number of halogens is 2. The summed E-state index contributed by atoms with van der Waals surface area (Å²) in [5.41, 5.74) is 8.51. The molecule has 128 valence electrons. The number of fused-ring (bicyclic) bond motifs is 2. The number of nitrogen functional groups attached to an aromatic ring is 1. The molecule has 1 aromatic carbocycles. The van der Waals surface area contributed by atoms with Crippen LogP contribution in [-0.4, -0.2) is 19.8 Å². The van der Waals surface area contributed by atoms with Gasteiger partial charge in [0.15, 0.2) is 5.82 Å². The predicted molar refractivity (Wildman–Crippen MR) is 99.9 cm³/mol. The van der Waals surface area contributed by atoms with E-state index >= 15 is 0 Å². The van der Waals surface area contributed by atoms with Crippen molar-refractivity contribution in [2.45, 2.75) is 0 Å². The van der Waals surface area contributed by atoms with Crippen LogP contribution in [-0.2, 0) is 0 Å². The van der Waals surface area contributed by atoms with E-state index in [0.717, 1.165) is 11.1 Å². The second kappa shape index (κ2) is 8.07. The Kier molecular flexibility index (Phi) is 6.49. The SMILES string of the molecule is C=CNc1c(F)c(Cl)c(-c2ccn3nc(N)cc3c2)c2cn[nH]c12.[CH3-].[K+]. The molecule has 0 bridgehead atoms. The number of pyridine rings is 1. The van der Waals surface area contributed by atoms with Gasteiger partial charge in [-0.15, -0.1) is 0 Å². The van der Waals surface area contributed by atoms with E-state index in [1.165, 1.54) is 6.20 Å². The molecule has 0 aliphatic carbocycles. The van der Waals surface area contributed by atoms with E-state index in [2.05, 4.69) is 27.2 Å². The summed E-state index contributed by atoms with van der Waals surface area (Å²) >= 11 is 6.32. The molecule has 0 aliphatic heterocycles. The zero-order chi connectivity index (χ0) is 16.8. The van der Waals surface area contributed by atoms with E-state index in [9.17, 15) is 4.39 Å². The van der Waals surface area contributed by atoms with Crippen LogP contribution in [0, 0.1) is 13.2 Å². The first-order valence-electron chi connectivity index (χ1n) is 7.07. The van der Waals surface area contributed by atoms with Crippen molar-refractivity contribution in [1.29, 1.82) is 0 Å². The average molecular weight is 397 g/mol. The first-order valence-corrected chi connectivity index (χ1v) is 7.44. The number of anilines is 2. The minimum absolute atomic E-state index is 0. The largest absolute Gasteiger partial charge is 1.00 e. The zero-order valence-electron chi connectivity index (χ0n) is 14.3. The van der Waals surface area contributed by atoms with E-state index in [4.69, 9.17) is 17.3 Å². The van der Waals surface area contributed by atoms with Gasteiger partial charge in [0, 0.05) is 23.2 Å². The Labute approximate surface area is 197 Å². The van der Waals surface area contributed by atoms with Gasteiger partial charge in [0.25, 0.3) is 0 Å². The fourth-order valence-corrected chi connectivity index (χ4v) is 3.11. The average Bonchev–Trinajstić information content (AvgIpc) is 3.17. The van der Waals surface area contributed by atoms with E-state index in [1.807, 2.05) is 6.07 Å². The molecular weight excluding hydrogens is 382 g/mol. The first-order chi connectivity index (χ1) is 11.6. The normalized spacial score (nSPS) is 10.4. The monoisotopic (exact) mass is 396 g/mol. The fourth-order valence-electron chi connectivity index (χ4n) is 2.80. The molecule has 0 saturated carbocycles. The maximum Gasteiger partial charge on any atom is 1.00 e. The fraction of sp³-hybridized carbons (Fsp3) is 0. The van der Waals surface area contributed by atoms with Crippen LogP contribution in [0.25, 0.3) is 27.5 Å². The molecular formula is C17H15ClFKN6. The van der Waals surface area contributed by atoms with Crippen molar-refractivity contribution in [2.24, 2.45) is 0 Å². The summed E-state index contributed by atoms with van der Waals surface area (Å²) in [5, 5.41) is 14.4. The Balaban J connectivity index is 0.00000121. The number of nitrogens with two attached hydrogens (primary N) is 1. The third-order valence-electron chi connectivity index (χ3n) is 3.81. The van der Waals surface area contributed by atoms with Gasteiger partial charge >= 0.3 is 51.4 Å². The molecule has 0 atom stereocenters. The van der Waals surface area contributed by atoms with Gasteiger partial charge in [0.05, 0.1) is 22.3 Å². The number of benzene rings is 1. The van der Waals surface area contributed by atoms with Crippen molar-refractivity contribution in [1.82, 2.24) is 19.8 Å². The number of hydrogen-bond donors (Lipinski definition) is 3. The van der Waals surface area contributed by atoms with Gasteiger partial charge in [-0.1, -0.05) is 18.2 Å². The third kappa shape index (κ3) is 3.28. The molecule has 9 heteroatoms. The van der Waals surface area contributed by atoms with Crippen molar-refractivity contribution in [2.75, 3.05) is 11.1 Å². The molecule has 4 N–H and O–H groups in total. The summed E-state index contributed by atoms with van der Waals surface area (Å²) in [6.07, 6.45) is 4.74. The van der Waals surface area contributed by atoms with Gasteiger partial charge in [-0.2, -0.15) is 10.2 Å². The number of rotatable bonds is 3. The van der Waals surface area contributed by atoms with Crippen molar-refractivity contribution in [3.05, 3.63) is 61.6 Å². The van der Waals surface area contributed by atoms with Crippen LogP contribution in [0.15, 0.2) is 43.4 Å². The van der Waals surface area contributed by atoms with E-state index in [1.54, 1.807) is 29.0 Å². The van der Waals surface area contributed by atoms with Gasteiger partial charge in [-0.25, -0.2) is 8.91 Å². The molecule has 3 aromatic heterocycles. The van der Waals surface area contributed by atoms with E-state index in [0.29, 0.717) is 22.3 Å². The van der Waals surface area contributed by atoms with Gasteiger partial charge in [0.1, 0.15) is 11.5 Å². The van der Waals surface area contributed by atoms with Crippen molar-refractivity contribution < 1.29 is 55.8 Å². The van der Waals surface area contributed by atoms with Crippen molar-refractivity contribution in [3.8, 4) is 11.1 Å². The van der Waals surface area contributed by atoms with Crippen molar-refractivity contribution in [3.63, 3.8) is 0 Å². The number of hydrogen-bond acceptors (Lipinski definition) is 4. The Hall–Kier alpha value is -1.42. The van der Waals surface area contributed by atoms with Crippen LogP contribution in [0.1, 0.15) is 0 Å². The number of H-pyrrole nitrogens is 1. The van der Waals surface area contributed by atoms with Gasteiger partial charge in [-0.3, -0.25) is 5.10 Å². The molecule has 26 heavy (non-hydrogen) atoms. The van der Waals surface area contributed by atoms with Crippen LogP contribution >= 0.6 is 11.6 Å². The summed E-state index contributed by atoms with van der Waals surface area (Å²) in [4.78, 5) is 0. The molecule has 6 nitrogen and oxygen atoms in total. The Bertz CT molecular complexity index is 1100. The first kappa shape index (κ1) is 20.9. The molecule has 0 aliphatic rings. The van der Waals surface area contributed by atoms with Crippen molar-refractivity contribution >= 4 is 39.5 Å². The second-order valence-electron chi connectivity index (χ2n) is 5.24. The molecule has 4 aromatic rings. The molecule has 0 radical (unpaired) electrons. The van der Waals surface area contributed by atoms with E-state index < -0.39 is 5.82 Å². The minimum atomic E-state index is -0.573.